The van der Waals surface area contributed by atoms with Gasteiger partial charge in [0.1, 0.15) is 37.4 Å². The first-order chi connectivity index (χ1) is 54.3. The zero-order valence-electron chi connectivity index (χ0n) is 64.3. The molecule has 4 aliphatic carbocycles. The van der Waals surface area contributed by atoms with Crippen LogP contribution in [0.5, 0.6) is 0 Å². The van der Waals surface area contributed by atoms with E-state index < -0.39 is 121 Å². The van der Waals surface area contributed by atoms with E-state index in [0.717, 1.165) is 86.9 Å². The fourth-order valence-corrected chi connectivity index (χ4v) is 19.0. The molecule has 580 valence electrons. The highest BCUT2D eigenvalue weighted by Gasteiger charge is 2.43. The summed E-state index contributed by atoms with van der Waals surface area (Å²) in [6.07, 6.45) is 7.38. The molecular formula is C92H100N8O12. The number of likely N-dealkylation sites (N-methyl/N-ethyl adjacent to an activating group) is 4. The fraction of sp³-hybridized carbons (Fsp3) is 0.413. The summed E-state index contributed by atoms with van der Waals surface area (Å²) >= 11 is 0. The Labute approximate surface area is 652 Å². The first-order valence-corrected chi connectivity index (χ1v) is 40.3. The fourth-order valence-electron chi connectivity index (χ4n) is 19.0. The molecule has 5 fully saturated rings. The molecule has 112 heavy (non-hydrogen) atoms. The van der Waals surface area contributed by atoms with Gasteiger partial charge < -0.3 is 50.3 Å². The normalized spacial score (nSPS) is 25.4. The smallest absolute Gasteiger partial charge is 0.310 e. The minimum atomic E-state index is -1.34. The summed E-state index contributed by atoms with van der Waals surface area (Å²) in [5, 5.41) is 24.9. The lowest BCUT2D eigenvalue weighted by Crippen LogP contribution is -2.57. The number of hydrogen-bond donors (Lipinski definition) is 4. The zero-order chi connectivity index (χ0) is 77.8. The van der Waals surface area contributed by atoms with Gasteiger partial charge in [-0.05, 0) is 164 Å². The van der Waals surface area contributed by atoms with Crippen LogP contribution in [0.25, 0.3) is 64.6 Å². The Kier molecular flexibility index (Phi) is 22.8. The van der Waals surface area contributed by atoms with Crippen molar-refractivity contribution in [2.45, 2.75) is 177 Å². The quantitative estimate of drug-likeness (QED) is 0.0658. The Morgan fingerprint density at radius 1 is 0.321 bits per heavy atom. The van der Waals surface area contributed by atoms with Gasteiger partial charge in [-0.25, -0.2) is 0 Å². The molecule has 4 N–H and O–H groups in total. The molecule has 20 nitrogen and oxygen atoms in total. The Morgan fingerprint density at radius 3 is 0.920 bits per heavy atom. The number of carbonyl (C=O) groups is 10. The van der Waals surface area contributed by atoms with Crippen molar-refractivity contribution in [3.8, 4) is 0 Å². The van der Waals surface area contributed by atoms with E-state index >= 15 is 28.8 Å². The summed E-state index contributed by atoms with van der Waals surface area (Å²) in [5.74, 6) is -7.07. The number of nitrogens with one attached hydrogen (secondary N) is 4. The van der Waals surface area contributed by atoms with Crippen molar-refractivity contribution >= 4 is 124 Å². The first kappa shape index (κ1) is 76.4. The Morgan fingerprint density at radius 2 is 0.598 bits per heavy atom. The van der Waals surface area contributed by atoms with Crippen molar-refractivity contribution in [1.29, 1.82) is 0 Å². The van der Waals surface area contributed by atoms with Crippen LogP contribution in [-0.2, 0) is 83.1 Å². The monoisotopic (exact) mass is 1510 g/mol. The molecule has 0 radical (unpaired) electrons. The highest BCUT2D eigenvalue weighted by molar-refractivity contribution is 6.25. The summed E-state index contributed by atoms with van der Waals surface area (Å²) in [6.45, 7) is -0.959. The first-order valence-electron chi connectivity index (χ1n) is 40.3. The average molecular weight is 1510 g/mol. The molecule has 10 aromatic carbocycles. The van der Waals surface area contributed by atoms with Crippen LogP contribution >= 0.6 is 0 Å². The molecule has 1 heterocycles. The van der Waals surface area contributed by atoms with Crippen LogP contribution in [-0.4, -0.2) is 169 Å². The summed E-state index contributed by atoms with van der Waals surface area (Å²) < 4.78 is 12.2. The molecule has 15 rings (SSSR count). The van der Waals surface area contributed by atoms with Crippen LogP contribution in [0, 0.1) is 23.7 Å². The van der Waals surface area contributed by atoms with E-state index in [4.69, 9.17) is 9.47 Å². The van der Waals surface area contributed by atoms with Crippen molar-refractivity contribution in [3.05, 3.63) is 192 Å². The van der Waals surface area contributed by atoms with E-state index in [2.05, 4.69) is 81.9 Å². The van der Waals surface area contributed by atoms with Crippen LogP contribution in [0.3, 0.4) is 0 Å². The maximum absolute atomic E-state index is 15.3. The van der Waals surface area contributed by atoms with E-state index in [9.17, 15) is 19.2 Å². The molecule has 5 aliphatic rings. The van der Waals surface area contributed by atoms with Crippen LogP contribution < -0.4 is 21.3 Å². The van der Waals surface area contributed by atoms with Crippen molar-refractivity contribution in [2.24, 2.45) is 23.7 Å². The maximum atomic E-state index is 15.3. The van der Waals surface area contributed by atoms with Crippen molar-refractivity contribution in [3.63, 3.8) is 0 Å². The molecule has 8 bridgehead atoms. The molecule has 12 atom stereocenters. The van der Waals surface area contributed by atoms with E-state index in [0.29, 0.717) is 77.0 Å². The second-order valence-corrected chi connectivity index (χ2v) is 32.4. The van der Waals surface area contributed by atoms with Gasteiger partial charge in [0.05, 0.1) is 12.8 Å². The molecule has 0 unspecified atom stereocenters. The third-order valence-corrected chi connectivity index (χ3v) is 25.4. The molecule has 4 saturated carbocycles. The Bertz CT molecular complexity index is 4840. The predicted molar refractivity (Wildman–Crippen MR) is 432 cm³/mol. The largest absolute Gasteiger partial charge is 0.463 e. The zero-order valence-corrected chi connectivity index (χ0v) is 64.3. The van der Waals surface area contributed by atoms with Crippen LogP contribution in [0.4, 0.5) is 0 Å². The molecule has 0 spiro atoms. The number of fused-ring (bicyclic) bond motifs is 8. The number of rotatable bonds is 12. The topological polar surface area (TPSA) is 250 Å². The minimum absolute atomic E-state index is 0.106. The van der Waals surface area contributed by atoms with E-state index in [1.54, 1.807) is 47.8 Å². The van der Waals surface area contributed by atoms with Crippen molar-refractivity contribution in [1.82, 2.24) is 40.9 Å². The number of nitrogens with zero attached hydrogens (tertiary/aromatic N) is 4. The number of esters is 2. The molecule has 20 heteroatoms. The number of hydrogen-bond acceptors (Lipinski definition) is 12. The van der Waals surface area contributed by atoms with Gasteiger partial charge in [-0.2, -0.15) is 0 Å². The second-order valence-electron chi connectivity index (χ2n) is 32.4. The van der Waals surface area contributed by atoms with E-state index in [1.165, 1.54) is 0 Å². The molecule has 0 aromatic heterocycles. The summed E-state index contributed by atoms with van der Waals surface area (Å²) in [4.78, 5) is 156. The van der Waals surface area contributed by atoms with Gasteiger partial charge in [0.15, 0.2) is 0 Å². The molecule has 10 aromatic rings. The number of benzene rings is 10. The van der Waals surface area contributed by atoms with Gasteiger partial charge in [-0.3, -0.25) is 47.9 Å². The lowest BCUT2D eigenvalue weighted by molar-refractivity contribution is -0.149. The maximum Gasteiger partial charge on any atom is 0.310 e. The summed E-state index contributed by atoms with van der Waals surface area (Å²) in [7, 11) is 6.70. The standard InChI is InChI=1S/C92H100N8O12/c1-97-69-29-15-27-67(49-69)87(105)95-77(53-111-79(101)51-63-39-37-61-35-33-57-21-11-23-59-41-43-73(63)83(61)81(57)59)91(109)100(4)72-32-14-26-66(48-72)86(104)94-76(46-56-19-9-6-10-20-56)90(108)98(2)70-30-16-28-68(50-70)88(106)96-78(54-112-80(102)52-64-40-38-62-36-34-58-22-12-24-60-42-44-74(64)84(62)82(58)60)92(110)99(3)71-31-13-25-65(47-71)85(103)93-75(89(97)107)45-55-17-7-5-8-18-55/h5-12,17-24,33-44,65-72,75-78H,13-16,25-32,45-54H2,1-4H3,(H,93,103)(H,94,104)(H,95,105)(H,96,106)/t65-,66-,67-,68+,69-,70+,71+,72+,75-,76-,77-,78-/m1/s1. The van der Waals surface area contributed by atoms with Crippen LogP contribution in [0.15, 0.2) is 170 Å². The third-order valence-electron chi connectivity index (χ3n) is 25.4. The highest BCUT2D eigenvalue weighted by atomic mass is 16.5. The Hall–Kier alpha value is -11.0. The van der Waals surface area contributed by atoms with Crippen LogP contribution in [0.2, 0.25) is 0 Å². The lowest BCUT2D eigenvalue weighted by Gasteiger charge is -2.39. The number of amides is 8. The summed E-state index contributed by atoms with van der Waals surface area (Å²) in [5.41, 5.74) is 3.13. The Balaban J connectivity index is 0.706. The second kappa shape index (κ2) is 33.5. The van der Waals surface area contributed by atoms with Gasteiger partial charge >= 0.3 is 11.9 Å². The van der Waals surface area contributed by atoms with E-state index in [1.807, 2.05) is 109 Å². The van der Waals surface area contributed by atoms with Gasteiger partial charge in [-0.15, -0.1) is 0 Å². The molecule has 1 aliphatic heterocycles. The van der Waals surface area contributed by atoms with Crippen LogP contribution in [0.1, 0.15) is 125 Å². The van der Waals surface area contributed by atoms with E-state index in [-0.39, 0.29) is 75.0 Å². The van der Waals surface area contributed by atoms with Gasteiger partial charge in [0, 0.05) is 88.9 Å². The van der Waals surface area contributed by atoms with Crippen molar-refractivity contribution in [2.75, 3.05) is 41.4 Å². The SMILES string of the molecule is CN1C(=O)[C@@H](COC(=O)Cc2ccc3ccc4cccc5ccc2c3c45)NC(=O)[C@@H]2CCC[C@H](C2)N(C)C(=O)[C@@H](Cc2ccccc2)NC(=O)[C@@H]2CCC[C@@H](C2)N(C)C(=O)[C@@H](COC(=O)Cc2ccc3ccc4cccc5ccc2c3c45)NC(=O)[C@H]2CCC[C@@H](C2)N(C)C(=O)[C@@H](Cc2ccccc2)NC(=O)[C@@H]2CCC[C@H]1C2. The molecular weight excluding hydrogens is 1410 g/mol. The van der Waals surface area contributed by atoms with Gasteiger partial charge in [-0.1, -0.05) is 196 Å². The predicted octanol–water partition coefficient (Wildman–Crippen LogP) is 11.9. The summed E-state index contributed by atoms with van der Waals surface area (Å²) in [6, 6.07) is 48.9. The lowest BCUT2D eigenvalue weighted by atomic mass is 9.83. The third kappa shape index (κ3) is 16.4. The highest BCUT2D eigenvalue weighted by Crippen LogP contribution is 2.40. The van der Waals surface area contributed by atoms with Gasteiger partial charge in [0.25, 0.3) is 0 Å². The average Bonchev–Trinajstić information content (AvgIpc) is 0.744. The van der Waals surface area contributed by atoms with Crippen molar-refractivity contribution < 1.29 is 57.4 Å². The molecule has 8 amide bonds. The minimum Gasteiger partial charge on any atom is -0.463 e. The van der Waals surface area contributed by atoms with Gasteiger partial charge in [0.2, 0.25) is 47.3 Å². The molecule has 1 saturated heterocycles. The number of carbonyl (C=O) groups excluding carboxylic acids is 10. The number of ether oxygens (including phenoxy) is 2.